The molecule has 0 aliphatic heterocycles. The number of aromatic nitrogens is 2. The van der Waals surface area contributed by atoms with Crippen LogP contribution in [0, 0.1) is 9.39 Å². The molecule has 5 heteroatoms. The Morgan fingerprint density at radius 1 is 1.24 bits per heavy atom. The van der Waals surface area contributed by atoms with Crippen LogP contribution in [0.4, 0.5) is 10.2 Å². The van der Waals surface area contributed by atoms with Gasteiger partial charge in [0.2, 0.25) is 0 Å². The molecule has 3 nitrogen and oxygen atoms in total. The molecule has 2 aromatic rings. The highest BCUT2D eigenvalue weighted by molar-refractivity contribution is 14.1. The van der Waals surface area contributed by atoms with Crippen LogP contribution in [0.5, 0.6) is 0 Å². The largest absolute Gasteiger partial charge is 0.383 e. The molecule has 0 saturated carbocycles. The number of rotatable bonds is 2. The molecule has 1 aromatic carbocycles. The van der Waals surface area contributed by atoms with Gasteiger partial charge in [-0.2, -0.15) is 0 Å². The molecule has 2 N–H and O–H groups in total. The second-order valence-electron chi connectivity index (χ2n) is 3.55. The highest BCUT2D eigenvalue weighted by Gasteiger charge is 2.09. The van der Waals surface area contributed by atoms with Crippen LogP contribution in [0.1, 0.15) is 12.6 Å². The lowest BCUT2D eigenvalue weighted by Gasteiger charge is -2.07. The summed E-state index contributed by atoms with van der Waals surface area (Å²) in [6.45, 7) is 2.01. The van der Waals surface area contributed by atoms with Crippen molar-refractivity contribution in [3.8, 4) is 11.4 Å². The Morgan fingerprint density at radius 3 is 2.47 bits per heavy atom. The number of nitrogen functional groups attached to an aromatic ring is 1. The minimum Gasteiger partial charge on any atom is -0.383 e. The Balaban J connectivity index is 2.52. The summed E-state index contributed by atoms with van der Waals surface area (Å²) >= 11 is 2.14. The number of nitrogens with two attached hydrogens (primary N) is 1. The Hall–Kier alpha value is -1.24. The van der Waals surface area contributed by atoms with Crippen molar-refractivity contribution >= 4 is 28.4 Å². The van der Waals surface area contributed by atoms with Gasteiger partial charge in [0, 0.05) is 5.56 Å². The molecule has 0 aliphatic carbocycles. The van der Waals surface area contributed by atoms with Gasteiger partial charge in [-0.1, -0.05) is 6.92 Å². The fraction of sp³-hybridized carbons (Fsp3) is 0.167. The van der Waals surface area contributed by atoms with E-state index in [0.29, 0.717) is 11.6 Å². The SMILES string of the molecule is CCc1nc(-c2ccc(F)cc2)nc(N)c1I. The van der Waals surface area contributed by atoms with Crippen molar-refractivity contribution < 1.29 is 4.39 Å². The summed E-state index contributed by atoms with van der Waals surface area (Å²) in [7, 11) is 0. The van der Waals surface area contributed by atoms with Crippen LogP contribution in [-0.4, -0.2) is 9.97 Å². The van der Waals surface area contributed by atoms with E-state index in [-0.39, 0.29) is 5.82 Å². The van der Waals surface area contributed by atoms with Crippen LogP contribution in [0.3, 0.4) is 0 Å². The number of aryl methyl sites for hydroxylation is 1. The van der Waals surface area contributed by atoms with Crippen molar-refractivity contribution in [3.63, 3.8) is 0 Å². The Kier molecular flexibility index (Phi) is 3.56. The molecule has 0 unspecified atom stereocenters. The quantitative estimate of drug-likeness (QED) is 0.853. The summed E-state index contributed by atoms with van der Waals surface area (Å²) in [6, 6.07) is 6.07. The number of nitrogens with zero attached hydrogens (tertiary/aromatic N) is 2. The molecule has 0 fully saturated rings. The van der Waals surface area contributed by atoms with Crippen LogP contribution >= 0.6 is 22.6 Å². The van der Waals surface area contributed by atoms with Crippen molar-refractivity contribution in [2.75, 3.05) is 5.73 Å². The van der Waals surface area contributed by atoms with E-state index in [2.05, 4.69) is 32.6 Å². The molecular formula is C12H11FIN3. The zero-order chi connectivity index (χ0) is 12.4. The average Bonchev–Trinajstić information content (AvgIpc) is 2.33. The van der Waals surface area contributed by atoms with Crippen LogP contribution in [0.15, 0.2) is 24.3 Å². The summed E-state index contributed by atoms with van der Waals surface area (Å²) in [5.74, 6) is 0.736. The number of hydrogen-bond donors (Lipinski definition) is 1. The lowest BCUT2D eigenvalue weighted by molar-refractivity contribution is 0.628. The molecule has 0 radical (unpaired) electrons. The topological polar surface area (TPSA) is 51.8 Å². The predicted octanol–water partition coefficient (Wildman–Crippen LogP) is 3.03. The van der Waals surface area contributed by atoms with E-state index in [1.165, 1.54) is 12.1 Å². The predicted molar refractivity (Wildman–Crippen MR) is 73.9 cm³/mol. The number of hydrogen-bond acceptors (Lipinski definition) is 3. The smallest absolute Gasteiger partial charge is 0.161 e. The molecule has 0 atom stereocenters. The highest BCUT2D eigenvalue weighted by Crippen LogP contribution is 2.22. The molecule has 0 aliphatic rings. The van der Waals surface area contributed by atoms with Gasteiger partial charge in [0.05, 0.1) is 9.26 Å². The minimum atomic E-state index is -0.275. The number of anilines is 1. The maximum Gasteiger partial charge on any atom is 0.161 e. The third-order valence-electron chi connectivity index (χ3n) is 2.38. The standard InChI is InChI=1S/C12H11FIN3/c1-2-9-10(14)11(15)17-12(16-9)7-3-5-8(13)6-4-7/h3-6H,2H2,1H3,(H2,15,16,17). The first-order valence-electron chi connectivity index (χ1n) is 5.19. The van der Waals surface area contributed by atoms with Crippen LogP contribution < -0.4 is 5.73 Å². The fourth-order valence-electron chi connectivity index (χ4n) is 1.48. The van der Waals surface area contributed by atoms with Gasteiger partial charge in [-0.15, -0.1) is 0 Å². The van der Waals surface area contributed by atoms with Gasteiger partial charge in [-0.05, 0) is 53.3 Å². The van der Waals surface area contributed by atoms with Gasteiger partial charge in [0.1, 0.15) is 11.6 Å². The maximum atomic E-state index is 12.8. The van der Waals surface area contributed by atoms with E-state index < -0.39 is 0 Å². The molecule has 88 valence electrons. The van der Waals surface area contributed by atoms with Crippen molar-refractivity contribution in [2.45, 2.75) is 13.3 Å². The molecule has 0 spiro atoms. The van der Waals surface area contributed by atoms with Gasteiger partial charge < -0.3 is 5.73 Å². The number of benzene rings is 1. The summed E-state index contributed by atoms with van der Waals surface area (Å²) in [5, 5.41) is 0. The Labute approximate surface area is 112 Å². The molecule has 1 heterocycles. The van der Waals surface area contributed by atoms with Gasteiger partial charge in [-0.25, -0.2) is 14.4 Å². The van der Waals surface area contributed by atoms with Crippen molar-refractivity contribution in [2.24, 2.45) is 0 Å². The minimum absolute atomic E-state index is 0.275. The van der Waals surface area contributed by atoms with Crippen molar-refractivity contribution in [1.82, 2.24) is 9.97 Å². The summed E-state index contributed by atoms with van der Waals surface area (Å²) in [6.07, 6.45) is 0.791. The zero-order valence-electron chi connectivity index (χ0n) is 9.24. The molecule has 0 amide bonds. The van der Waals surface area contributed by atoms with Gasteiger partial charge in [0.25, 0.3) is 0 Å². The number of halogens is 2. The second kappa shape index (κ2) is 4.95. The molecule has 0 saturated heterocycles. The summed E-state index contributed by atoms with van der Waals surface area (Å²) in [4.78, 5) is 8.65. The lowest BCUT2D eigenvalue weighted by atomic mass is 10.2. The average molecular weight is 343 g/mol. The van der Waals surface area contributed by atoms with Gasteiger partial charge in [-0.3, -0.25) is 0 Å². The summed E-state index contributed by atoms with van der Waals surface area (Å²) in [5.41, 5.74) is 7.51. The molecule has 2 rings (SSSR count). The maximum absolute atomic E-state index is 12.8. The normalized spacial score (nSPS) is 10.5. The molecule has 17 heavy (non-hydrogen) atoms. The van der Waals surface area contributed by atoms with E-state index >= 15 is 0 Å². The Morgan fingerprint density at radius 2 is 1.88 bits per heavy atom. The van der Waals surface area contributed by atoms with Gasteiger partial charge in [0.15, 0.2) is 5.82 Å². The lowest BCUT2D eigenvalue weighted by Crippen LogP contribution is -2.04. The van der Waals surface area contributed by atoms with E-state index in [0.717, 1.165) is 21.2 Å². The fourth-order valence-corrected chi connectivity index (χ4v) is 2.10. The van der Waals surface area contributed by atoms with Crippen LogP contribution in [-0.2, 0) is 6.42 Å². The van der Waals surface area contributed by atoms with Crippen LogP contribution in [0.25, 0.3) is 11.4 Å². The van der Waals surface area contributed by atoms with E-state index in [9.17, 15) is 4.39 Å². The van der Waals surface area contributed by atoms with Crippen molar-refractivity contribution in [3.05, 3.63) is 39.3 Å². The third-order valence-corrected chi connectivity index (χ3v) is 3.56. The second-order valence-corrected chi connectivity index (χ2v) is 4.63. The van der Waals surface area contributed by atoms with E-state index in [4.69, 9.17) is 5.73 Å². The van der Waals surface area contributed by atoms with Crippen molar-refractivity contribution in [1.29, 1.82) is 0 Å². The summed E-state index contributed by atoms with van der Waals surface area (Å²) < 4.78 is 13.7. The highest BCUT2D eigenvalue weighted by atomic mass is 127. The van der Waals surface area contributed by atoms with Gasteiger partial charge >= 0.3 is 0 Å². The zero-order valence-corrected chi connectivity index (χ0v) is 11.4. The molecule has 1 aromatic heterocycles. The van der Waals surface area contributed by atoms with Crippen LogP contribution in [0.2, 0.25) is 0 Å². The first-order chi connectivity index (χ1) is 8.11. The van der Waals surface area contributed by atoms with E-state index in [1.807, 2.05) is 6.92 Å². The molecular weight excluding hydrogens is 332 g/mol. The Bertz CT molecular complexity index is 540. The van der Waals surface area contributed by atoms with E-state index in [1.54, 1.807) is 12.1 Å². The first kappa shape index (κ1) is 12.2. The third kappa shape index (κ3) is 2.54. The molecule has 0 bridgehead atoms. The monoisotopic (exact) mass is 343 g/mol. The first-order valence-corrected chi connectivity index (χ1v) is 6.27.